The average molecular weight is 409 g/mol. The van der Waals surface area contributed by atoms with Crippen molar-refractivity contribution in [3.8, 4) is 0 Å². The highest BCUT2D eigenvalue weighted by molar-refractivity contribution is 14.1. The number of piperidine rings is 1. The molecule has 2 rings (SSSR count). The number of rotatable bonds is 3. The van der Waals surface area contributed by atoms with Crippen LogP contribution in [-0.4, -0.2) is 30.6 Å². The van der Waals surface area contributed by atoms with Crippen LogP contribution in [-0.2, 0) is 0 Å². The van der Waals surface area contributed by atoms with E-state index in [-0.39, 0.29) is 0 Å². The third kappa shape index (κ3) is 3.83. The van der Waals surface area contributed by atoms with Gasteiger partial charge < -0.3 is 10.2 Å². The Kier molecular flexibility index (Phi) is 5.11. The SMILES string of the molecule is CCN1CCC(Nc2ccc(I)c(Br)c2)CC1. The van der Waals surface area contributed by atoms with E-state index in [4.69, 9.17) is 0 Å². The fraction of sp³-hybridized carbons (Fsp3) is 0.538. The van der Waals surface area contributed by atoms with Gasteiger partial charge in [-0.3, -0.25) is 0 Å². The molecule has 1 N–H and O–H groups in total. The van der Waals surface area contributed by atoms with Crippen molar-refractivity contribution in [1.82, 2.24) is 4.90 Å². The van der Waals surface area contributed by atoms with Gasteiger partial charge in [0.2, 0.25) is 0 Å². The lowest BCUT2D eigenvalue weighted by Crippen LogP contribution is -2.38. The summed E-state index contributed by atoms with van der Waals surface area (Å²) in [7, 11) is 0. The Bertz CT molecular complexity index is 376. The second-order valence-corrected chi connectivity index (χ2v) is 6.50. The number of hydrogen-bond donors (Lipinski definition) is 1. The van der Waals surface area contributed by atoms with Gasteiger partial charge in [0, 0.05) is 32.9 Å². The van der Waals surface area contributed by atoms with Crippen LogP contribution in [0, 0.1) is 3.57 Å². The minimum absolute atomic E-state index is 0.629. The maximum atomic E-state index is 3.63. The van der Waals surface area contributed by atoms with Gasteiger partial charge in [-0.2, -0.15) is 0 Å². The van der Waals surface area contributed by atoms with Crippen molar-refractivity contribution in [1.29, 1.82) is 0 Å². The van der Waals surface area contributed by atoms with Gasteiger partial charge in [-0.05, 0) is 76.1 Å². The van der Waals surface area contributed by atoms with E-state index in [1.807, 2.05) is 0 Å². The highest BCUT2D eigenvalue weighted by Crippen LogP contribution is 2.24. The first kappa shape index (κ1) is 13.6. The molecular formula is C13H18BrIN2. The summed E-state index contributed by atoms with van der Waals surface area (Å²) in [6.07, 6.45) is 2.49. The van der Waals surface area contributed by atoms with Crippen molar-refractivity contribution in [3.63, 3.8) is 0 Å². The molecule has 0 aromatic heterocycles. The summed E-state index contributed by atoms with van der Waals surface area (Å²) >= 11 is 5.91. The predicted molar refractivity (Wildman–Crippen MR) is 85.6 cm³/mol. The van der Waals surface area contributed by atoms with Crippen LogP contribution in [0.1, 0.15) is 19.8 Å². The summed E-state index contributed by atoms with van der Waals surface area (Å²) in [6.45, 7) is 5.87. The quantitative estimate of drug-likeness (QED) is 0.761. The van der Waals surface area contributed by atoms with E-state index in [2.05, 4.69) is 73.9 Å². The minimum atomic E-state index is 0.629. The fourth-order valence-corrected chi connectivity index (χ4v) is 2.93. The zero-order chi connectivity index (χ0) is 12.3. The molecule has 0 saturated carbocycles. The average Bonchev–Trinajstić information content (AvgIpc) is 2.35. The molecule has 94 valence electrons. The number of hydrogen-bond acceptors (Lipinski definition) is 2. The van der Waals surface area contributed by atoms with Crippen LogP contribution in [0.3, 0.4) is 0 Å². The Hall–Kier alpha value is 0.190. The van der Waals surface area contributed by atoms with E-state index < -0.39 is 0 Å². The highest BCUT2D eigenvalue weighted by Gasteiger charge is 2.17. The molecule has 0 spiro atoms. The maximum absolute atomic E-state index is 3.63. The molecule has 0 radical (unpaired) electrons. The van der Waals surface area contributed by atoms with Crippen LogP contribution in [0.2, 0.25) is 0 Å². The van der Waals surface area contributed by atoms with Crippen LogP contribution in [0.25, 0.3) is 0 Å². The van der Waals surface area contributed by atoms with Gasteiger partial charge in [0.25, 0.3) is 0 Å². The summed E-state index contributed by atoms with van der Waals surface area (Å²) in [5.41, 5.74) is 1.23. The molecule has 1 aromatic rings. The largest absolute Gasteiger partial charge is 0.382 e. The van der Waals surface area contributed by atoms with Gasteiger partial charge in [-0.25, -0.2) is 0 Å². The number of nitrogens with one attached hydrogen (secondary N) is 1. The number of benzene rings is 1. The van der Waals surface area contributed by atoms with Gasteiger partial charge in [-0.1, -0.05) is 6.92 Å². The summed E-state index contributed by atoms with van der Waals surface area (Å²) in [4.78, 5) is 2.52. The lowest BCUT2D eigenvalue weighted by molar-refractivity contribution is 0.229. The van der Waals surface area contributed by atoms with Crippen LogP contribution >= 0.6 is 38.5 Å². The molecule has 1 heterocycles. The van der Waals surface area contributed by atoms with Gasteiger partial charge >= 0.3 is 0 Å². The topological polar surface area (TPSA) is 15.3 Å². The van der Waals surface area contributed by atoms with Crippen molar-refractivity contribution in [2.75, 3.05) is 25.0 Å². The molecule has 0 bridgehead atoms. The zero-order valence-electron chi connectivity index (χ0n) is 10.0. The predicted octanol–water partition coefficient (Wildman–Crippen LogP) is 3.95. The Morgan fingerprint density at radius 3 is 2.71 bits per heavy atom. The molecule has 4 heteroatoms. The van der Waals surface area contributed by atoms with E-state index >= 15 is 0 Å². The second kappa shape index (κ2) is 6.38. The molecule has 1 saturated heterocycles. The summed E-state index contributed by atoms with van der Waals surface area (Å²) in [6, 6.07) is 7.12. The fourth-order valence-electron chi connectivity index (χ4n) is 2.22. The van der Waals surface area contributed by atoms with E-state index in [0.29, 0.717) is 6.04 Å². The first-order valence-corrected chi connectivity index (χ1v) is 8.00. The number of likely N-dealkylation sites (tertiary alicyclic amines) is 1. The van der Waals surface area contributed by atoms with Gasteiger partial charge in [0.1, 0.15) is 0 Å². The zero-order valence-corrected chi connectivity index (χ0v) is 13.8. The lowest BCUT2D eigenvalue weighted by atomic mass is 10.0. The van der Waals surface area contributed by atoms with Crippen LogP contribution in [0.4, 0.5) is 5.69 Å². The third-order valence-corrected chi connectivity index (χ3v) is 5.66. The Morgan fingerprint density at radius 2 is 2.12 bits per heavy atom. The first-order chi connectivity index (χ1) is 8.19. The molecule has 1 aromatic carbocycles. The maximum Gasteiger partial charge on any atom is 0.0354 e. The van der Waals surface area contributed by atoms with Crippen molar-refractivity contribution in [3.05, 3.63) is 26.2 Å². The van der Waals surface area contributed by atoms with Crippen molar-refractivity contribution in [2.45, 2.75) is 25.8 Å². The van der Waals surface area contributed by atoms with E-state index in [1.165, 1.54) is 46.2 Å². The molecular weight excluding hydrogens is 391 g/mol. The molecule has 1 aliphatic rings. The molecule has 1 fully saturated rings. The number of nitrogens with zero attached hydrogens (tertiary/aromatic N) is 1. The molecule has 0 atom stereocenters. The Balaban J connectivity index is 1.91. The second-order valence-electron chi connectivity index (χ2n) is 4.48. The summed E-state index contributed by atoms with van der Waals surface area (Å²) < 4.78 is 2.43. The van der Waals surface area contributed by atoms with Gasteiger partial charge in [0.05, 0.1) is 0 Å². The van der Waals surface area contributed by atoms with Gasteiger partial charge in [-0.15, -0.1) is 0 Å². The Labute approximate surface area is 125 Å². The molecule has 17 heavy (non-hydrogen) atoms. The van der Waals surface area contributed by atoms with Crippen LogP contribution < -0.4 is 5.32 Å². The monoisotopic (exact) mass is 408 g/mol. The summed E-state index contributed by atoms with van der Waals surface area (Å²) in [5, 5.41) is 3.63. The molecule has 2 nitrogen and oxygen atoms in total. The highest BCUT2D eigenvalue weighted by atomic mass is 127. The summed E-state index contributed by atoms with van der Waals surface area (Å²) in [5.74, 6) is 0. The smallest absolute Gasteiger partial charge is 0.0354 e. The molecule has 0 unspecified atom stereocenters. The number of anilines is 1. The standard InChI is InChI=1S/C13H18BrIN2/c1-2-17-7-5-10(6-8-17)16-11-3-4-13(15)12(14)9-11/h3-4,9-10,16H,2,5-8H2,1H3. The van der Waals surface area contributed by atoms with Crippen molar-refractivity contribution >= 4 is 44.2 Å². The third-order valence-electron chi connectivity index (χ3n) is 3.33. The van der Waals surface area contributed by atoms with E-state index in [1.54, 1.807) is 0 Å². The molecule has 0 amide bonds. The van der Waals surface area contributed by atoms with E-state index in [9.17, 15) is 0 Å². The normalized spacial score (nSPS) is 18.3. The van der Waals surface area contributed by atoms with Crippen LogP contribution in [0.15, 0.2) is 22.7 Å². The van der Waals surface area contributed by atoms with Crippen molar-refractivity contribution < 1.29 is 0 Å². The van der Waals surface area contributed by atoms with E-state index in [0.717, 1.165) is 0 Å². The first-order valence-electron chi connectivity index (χ1n) is 6.13. The van der Waals surface area contributed by atoms with Gasteiger partial charge in [0.15, 0.2) is 0 Å². The lowest BCUT2D eigenvalue weighted by Gasteiger charge is -2.32. The minimum Gasteiger partial charge on any atom is -0.382 e. The number of halogens is 2. The Morgan fingerprint density at radius 1 is 1.41 bits per heavy atom. The molecule has 0 aliphatic carbocycles. The van der Waals surface area contributed by atoms with Crippen LogP contribution in [0.5, 0.6) is 0 Å². The van der Waals surface area contributed by atoms with Crippen molar-refractivity contribution in [2.24, 2.45) is 0 Å². The molecule has 1 aliphatic heterocycles.